The van der Waals surface area contributed by atoms with Crippen molar-refractivity contribution < 1.29 is 10.2 Å². The van der Waals surface area contributed by atoms with Crippen LogP contribution in [0.2, 0.25) is 0 Å². The van der Waals surface area contributed by atoms with Crippen LogP contribution >= 0.6 is 23.5 Å². The first kappa shape index (κ1) is 22.6. The Kier molecular flexibility index (Phi) is 6.02. The molecule has 6 saturated carbocycles. The Morgan fingerprint density at radius 3 is 1.61 bits per heavy atom. The highest BCUT2D eigenvalue weighted by Gasteiger charge is 2.59. The number of fused-ring (bicyclic) bond motifs is 4. The van der Waals surface area contributed by atoms with Crippen molar-refractivity contribution in [2.45, 2.75) is 68.5 Å². The Bertz CT molecular complexity index is 733. The monoisotopic (exact) mass is 460 g/mol. The van der Waals surface area contributed by atoms with E-state index in [1.54, 1.807) is 0 Å². The SMILES string of the molecule is CC1(C)[C@H]2C[C@H](SC(S[C@H]3C[C@H]4C[C@@H]([C@@H]3CO)C4(C)C)c3ccccc3)[C@@H](CO)[C@@H]1C2. The van der Waals surface area contributed by atoms with Crippen LogP contribution in [0.5, 0.6) is 0 Å². The van der Waals surface area contributed by atoms with Gasteiger partial charge in [0.15, 0.2) is 0 Å². The summed E-state index contributed by atoms with van der Waals surface area (Å²) in [5.74, 6) is 3.81. The molecule has 1 aromatic rings. The Morgan fingerprint density at radius 2 is 1.23 bits per heavy atom. The molecule has 8 atom stereocenters. The second kappa shape index (κ2) is 8.25. The van der Waals surface area contributed by atoms with Crippen LogP contribution < -0.4 is 0 Å². The van der Waals surface area contributed by atoms with Crippen LogP contribution in [0.15, 0.2) is 30.3 Å². The molecule has 0 amide bonds. The van der Waals surface area contributed by atoms with Gasteiger partial charge in [0.25, 0.3) is 0 Å². The predicted molar refractivity (Wildman–Crippen MR) is 133 cm³/mol. The topological polar surface area (TPSA) is 40.5 Å². The molecule has 7 rings (SSSR count). The summed E-state index contributed by atoms with van der Waals surface area (Å²) >= 11 is 4.26. The summed E-state index contributed by atoms with van der Waals surface area (Å²) in [5, 5.41) is 21.7. The molecule has 6 fully saturated rings. The maximum atomic E-state index is 10.3. The maximum Gasteiger partial charge on any atom is 0.0757 e. The Balaban J connectivity index is 1.35. The third-order valence-corrected chi connectivity index (χ3v) is 13.7. The van der Waals surface area contributed by atoms with E-state index in [2.05, 4.69) is 81.6 Å². The molecule has 2 nitrogen and oxygen atoms in total. The van der Waals surface area contributed by atoms with Gasteiger partial charge in [-0.1, -0.05) is 58.0 Å². The average Bonchev–Trinajstić information content (AvgIpc) is 2.78. The van der Waals surface area contributed by atoms with Gasteiger partial charge < -0.3 is 10.2 Å². The zero-order chi connectivity index (χ0) is 22.0. The van der Waals surface area contributed by atoms with Gasteiger partial charge in [0.2, 0.25) is 0 Å². The maximum absolute atomic E-state index is 10.3. The average molecular weight is 461 g/mol. The number of aliphatic hydroxyl groups excluding tert-OH is 2. The Labute approximate surface area is 197 Å². The fraction of sp³-hybridized carbons (Fsp3) is 0.778. The van der Waals surface area contributed by atoms with Crippen LogP contribution in [0.1, 0.15) is 63.5 Å². The summed E-state index contributed by atoms with van der Waals surface area (Å²) < 4.78 is 0.389. The number of thioether (sulfide) groups is 2. The van der Waals surface area contributed by atoms with Crippen LogP contribution in [0.3, 0.4) is 0 Å². The van der Waals surface area contributed by atoms with Gasteiger partial charge in [-0.15, -0.1) is 23.5 Å². The van der Waals surface area contributed by atoms with Gasteiger partial charge >= 0.3 is 0 Å². The van der Waals surface area contributed by atoms with E-state index in [1.807, 2.05) is 0 Å². The summed E-state index contributed by atoms with van der Waals surface area (Å²) in [6, 6.07) is 11.0. The van der Waals surface area contributed by atoms with E-state index in [1.165, 1.54) is 31.2 Å². The van der Waals surface area contributed by atoms with Crippen molar-refractivity contribution >= 4 is 23.5 Å². The summed E-state index contributed by atoms with van der Waals surface area (Å²) in [5.41, 5.74) is 2.21. The van der Waals surface area contributed by atoms with E-state index >= 15 is 0 Å². The van der Waals surface area contributed by atoms with E-state index in [4.69, 9.17) is 0 Å². The molecule has 0 aromatic heterocycles. The summed E-state index contributed by atoms with van der Waals surface area (Å²) in [6.45, 7) is 10.3. The number of rotatable bonds is 7. The molecule has 2 N–H and O–H groups in total. The van der Waals surface area contributed by atoms with Crippen LogP contribution in [0.4, 0.5) is 0 Å². The fourth-order valence-electron chi connectivity index (χ4n) is 7.71. The minimum absolute atomic E-state index is 0.325. The lowest BCUT2D eigenvalue weighted by atomic mass is 9.45. The zero-order valence-corrected chi connectivity index (χ0v) is 21.2. The van der Waals surface area contributed by atoms with Crippen molar-refractivity contribution in [1.82, 2.24) is 0 Å². The largest absolute Gasteiger partial charge is 0.396 e. The van der Waals surface area contributed by atoms with E-state index in [0.29, 0.717) is 62.8 Å². The summed E-state index contributed by atoms with van der Waals surface area (Å²) in [6.07, 6.45) is 5.11. The quantitative estimate of drug-likeness (QED) is 0.473. The van der Waals surface area contributed by atoms with E-state index in [0.717, 1.165) is 11.8 Å². The molecule has 0 spiro atoms. The highest BCUT2D eigenvalue weighted by atomic mass is 32.2. The smallest absolute Gasteiger partial charge is 0.0757 e. The summed E-state index contributed by atoms with van der Waals surface area (Å²) in [7, 11) is 0. The normalized spacial score (nSPS) is 42.0. The molecule has 31 heavy (non-hydrogen) atoms. The molecule has 6 aliphatic rings. The minimum atomic E-state index is 0.325. The van der Waals surface area contributed by atoms with Crippen molar-refractivity contribution in [3.8, 4) is 0 Å². The Hall–Kier alpha value is -0.160. The highest BCUT2D eigenvalue weighted by molar-refractivity contribution is 8.16. The van der Waals surface area contributed by atoms with Gasteiger partial charge in [0, 0.05) is 23.7 Å². The van der Waals surface area contributed by atoms with Crippen LogP contribution in [0.25, 0.3) is 0 Å². The van der Waals surface area contributed by atoms with Gasteiger partial charge in [-0.05, 0) is 77.6 Å². The van der Waals surface area contributed by atoms with Gasteiger partial charge in [-0.25, -0.2) is 0 Å². The zero-order valence-electron chi connectivity index (χ0n) is 19.5. The number of hydrogen-bond acceptors (Lipinski definition) is 4. The molecule has 4 heteroatoms. The van der Waals surface area contributed by atoms with Crippen molar-refractivity contribution in [3.63, 3.8) is 0 Å². The van der Waals surface area contributed by atoms with Crippen LogP contribution in [-0.4, -0.2) is 33.9 Å². The Morgan fingerprint density at radius 1 is 0.774 bits per heavy atom. The van der Waals surface area contributed by atoms with E-state index in [-0.39, 0.29) is 0 Å². The van der Waals surface area contributed by atoms with E-state index < -0.39 is 0 Å². The molecule has 0 heterocycles. The van der Waals surface area contributed by atoms with Gasteiger partial charge in [-0.2, -0.15) is 0 Å². The van der Waals surface area contributed by atoms with Gasteiger partial charge in [0.1, 0.15) is 0 Å². The third-order valence-electron chi connectivity index (χ3n) is 10.2. The number of aliphatic hydroxyl groups is 2. The standard InChI is InChI=1S/C27H40O2S2/c1-26(2)17-10-21(26)19(14-28)23(12-17)30-25(16-8-6-5-7-9-16)31-24-13-18-11-22(20(24)15-29)27(18,3)4/h5-9,17-25,28-29H,10-15H2,1-4H3/t17-,18-,19+,20+,21+,22+,23+,24+/m1/s1. The molecule has 0 radical (unpaired) electrons. The molecule has 0 aliphatic heterocycles. The van der Waals surface area contributed by atoms with Crippen molar-refractivity contribution in [1.29, 1.82) is 0 Å². The molecule has 0 saturated heterocycles. The van der Waals surface area contributed by atoms with Gasteiger partial charge in [0.05, 0.1) is 4.58 Å². The van der Waals surface area contributed by atoms with E-state index in [9.17, 15) is 10.2 Å². The van der Waals surface area contributed by atoms with Crippen molar-refractivity contribution in [3.05, 3.63) is 35.9 Å². The number of benzene rings is 1. The molecule has 172 valence electrons. The predicted octanol–water partition coefficient (Wildman–Crippen LogP) is 6.24. The molecule has 4 bridgehead atoms. The first-order valence-electron chi connectivity index (χ1n) is 12.3. The van der Waals surface area contributed by atoms with Crippen LogP contribution in [0, 0.1) is 46.3 Å². The third kappa shape index (κ3) is 3.63. The van der Waals surface area contributed by atoms with Crippen molar-refractivity contribution in [2.75, 3.05) is 13.2 Å². The van der Waals surface area contributed by atoms with Gasteiger partial charge in [-0.3, -0.25) is 0 Å². The second-order valence-corrected chi connectivity index (χ2v) is 15.0. The van der Waals surface area contributed by atoms with Crippen molar-refractivity contribution in [2.24, 2.45) is 46.3 Å². The summed E-state index contributed by atoms with van der Waals surface area (Å²) in [4.78, 5) is 0. The molecule has 1 aromatic carbocycles. The molecule has 0 unspecified atom stereocenters. The molecular formula is C27H40O2S2. The first-order chi connectivity index (χ1) is 14.8. The number of hydrogen-bond donors (Lipinski definition) is 2. The lowest BCUT2D eigenvalue weighted by Gasteiger charge is -2.63. The second-order valence-electron chi connectivity index (χ2n) is 12.0. The first-order valence-corrected chi connectivity index (χ1v) is 14.2. The highest BCUT2D eigenvalue weighted by Crippen LogP contribution is 2.67. The fourth-order valence-corrected chi connectivity index (χ4v) is 11.7. The molecular weight excluding hydrogens is 420 g/mol. The lowest BCUT2D eigenvalue weighted by molar-refractivity contribution is -0.113. The minimum Gasteiger partial charge on any atom is -0.396 e. The lowest BCUT2D eigenvalue weighted by Crippen LogP contribution is -2.58. The molecule has 6 aliphatic carbocycles. The van der Waals surface area contributed by atoms with Crippen LogP contribution in [-0.2, 0) is 0 Å².